The van der Waals surface area contributed by atoms with E-state index in [-0.39, 0.29) is 5.91 Å². The first-order valence-corrected chi connectivity index (χ1v) is 7.40. The molecule has 112 valence electrons. The van der Waals surface area contributed by atoms with Crippen molar-refractivity contribution >= 4 is 5.91 Å². The zero-order valence-electron chi connectivity index (χ0n) is 13.2. The third-order valence-corrected chi connectivity index (χ3v) is 3.60. The van der Waals surface area contributed by atoms with Crippen LogP contribution in [0.5, 0.6) is 0 Å². The Hall–Kier alpha value is -2.10. The van der Waals surface area contributed by atoms with E-state index in [0.29, 0.717) is 18.7 Å². The van der Waals surface area contributed by atoms with E-state index in [9.17, 15) is 4.79 Å². The molecule has 1 aromatic heterocycles. The average molecular weight is 285 g/mol. The molecule has 0 bridgehead atoms. The van der Waals surface area contributed by atoms with E-state index in [4.69, 9.17) is 0 Å². The molecular weight excluding hydrogens is 262 g/mol. The monoisotopic (exact) mass is 285 g/mol. The van der Waals surface area contributed by atoms with Crippen molar-refractivity contribution in [2.45, 2.75) is 40.7 Å². The molecule has 0 aliphatic rings. The van der Waals surface area contributed by atoms with Crippen molar-refractivity contribution in [2.75, 3.05) is 6.54 Å². The van der Waals surface area contributed by atoms with Crippen molar-refractivity contribution in [3.05, 3.63) is 52.3 Å². The van der Waals surface area contributed by atoms with Gasteiger partial charge in [-0.2, -0.15) is 5.10 Å². The molecule has 1 N–H and O–H groups in total. The highest BCUT2D eigenvalue weighted by Gasteiger charge is 2.18. The number of amides is 1. The fourth-order valence-corrected chi connectivity index (χ4v) is 2.37. The summed E-state index contributed by atoms with van der Waals surface area (Å²) in [5.74, 6) is -0.0259. The van der Waals surface area contributed by atoms with E-state index in [2.05, 4.69) is 41.6 Å². The molecule has 21 heavy (non-hydrogen) atoms. The minimum absolute atomic E-state index is 0.0259. The smallest absolute Gasteiger partial charge is 0.255 e. The summed E-state index contributed by atoms with van der Waals surface area (Å²) in [5, 5.41) is 7.44. The highest BCUT2D eigenvalue weighted by atomic mass is 16.1. The Morgan fingerprint density at radius 1 is 1.19 bits per heavy atom. The lowest BCUT2D eigenvalue weighted by atomic mass is 10.1. The number of benzene rings is 1. The van der Waals surface area contributed by atoms with Crippen LogP contribution in [-0.2, 0) is 6.54 Å². The van der Waals surface area contributed by atoms with Crippen LogP contribution in [0.3, 0.4) is 0 Å². The van der Waals surface area contributed by atoms with Crippen LogP contribution in [0.1, 0.15) is 46.2 Å². The van der Waals surface area contributed by atoms with Crippen LogP contribution in [0.4, 0.5) is 0 Å². The van der Waals surface area contributed by atoms with Gasteiger partial charge in [-0.15, -0.1) is 0 Å². The van der Waals surface area contributed by atoms with Gasteiger partial charge < -0.3 is 5.32 Å². The largest absolute Gasteiger partial charge is 0.352 e. The lowest BCUT2D eigenvalue weighted by Gasteiger charge is -2.07. The van der Waals surface area contributed by atoms with Crippen molar-refractivity contribution < 1.29 is 4.79 Å². The van der Waals surface area contributed by atoms with E-state index in [1.54, 1.807) is 0 Å². The number of nitrogens with zero attached hydrogens (tertiary/aromatic N) is 2. The Morgan fingerprint density at radius 3 is 2.48 bits per heavy atom. The lowest BCUT2D eigenvalue weighted by Crippen LogP contribution is -2.25. The van der Waals surface area contributed by atoms with Crippen molar-refractivity contribution in [3.8, 4) is 0 Å². The van der Waals surface area contributed by atoms with Gasteiger partial charge in [0.25, 0.3) is 5.91 Å². The molecule has 0 aliphatic heterocycles. The summed E-state index contributed by atoms with van der Waals surface area (Å²) in [6.07, 6.45) is 0.932. The van der Waals surface area contributed by atoms with Gasteiger partial charge in [0.05, 0.1) is 17.8 Å². The summed E-state index contributed by atoms with van der Waals surface area (Å²) in [6, 6.07) is 8.39. The van der Waals surface area contributed by atoms with Crippen LogP contribution in [0.2, 0.25) is 0 Å². The summed E-state index contributed by atoms with van der Waals surface area (Å²) in [5.41, 5.74) is 4.84. The van der Waals surface area contributed by atoms with Gasteiger partial charge in [-0.3, -0.25) is 9.48 Å². The maximum atomic E-state index is 12.2. The summed E-state index contributed by atoms with van der Waals surface area (Å²) < 4.78 is 1.90. The molecule has 4 heteroatoms. The van der Waals surface area contributed by atoms with Crippen molar-refractivity contribution in [3.63, 3.8) is 0 Å². The predicted molar refractivity (Wildman–Crippen MR) is 84.6 cm³/mol. The van der Waals surface area contributed by atoms with Crippen molar-refractivity contribution in [1.82, 2.24) is 15.1 Å². The minimum Gasteiger partial charge on any atom is -0.352 e. The number of aromatic nitrogens is 2. The van der Waals surface area contributed by atoms with Crippen LogP contribution in [0, 0.1) is 20.8 Å². The van der Waals surface area contributed by atoms with Gasteiger partial charge >= 0.3 is 0 Å². The molecule has 0 spiro atoms. The van der Waals surface area contributed by atoms with E-state index >= 15 is 0 Å². The second-order valence-corrected chi connectivity index (χ2v) is 5.44. The molecule has 0 aliphatic carbocycles. The van der Waals surface area contributed by atoms with Gasteiger partial charge in [0, 0.05) is 12.2 Å². The van der Waals surface area contributed by atoms with Crippen molar-refractivity contribution in [2.24, 2.45) is 0 Å². The summed E-state index contributed by atoms with van der Waals surface area (Å²) in [6.45, 7) is 9.34. The van der Waals surface area contributed by atoms with Crippen LogP contribution >= 0.6 is 0 Å². The zero-order valence-corrected chi connectivity index (χ0v) is 13.2. The van der Waals surface area contributed by atoms with Crippen LogP contribution in [0.15, 0.2) is 24.3 Å². The summed E-state index contributed by atoms with van der Waals surface area (Å²) >= 11 is 0. The van der Waals surface area contributed by atoms with E-state index < -0.39 is 0 Å². The van der Waals surface area contributed by atoms with Crippen molar-refractivity contribution in [1.29, 1.82) is 0 Å². The number of aryl methyl sites for hydroxylation is 2. The predicted octanol–water partition coefficient (Wildman–Crippen LogP) is 3.00. The first-order valence-electron chi connectivity index (χ1n) is 7.40. The second kappa shape index (κ2) is 6.57. The molecule has 0 fully saturated rings. The van der Waals surface area contributed by atoms with E-state index in [1.165, 1.54) is 11.1 Å². The van der Waals surface area contributed by atoms with Gasteiger partial charge in [-0.1, -0.05) is 36.8 Å². The number of nitrogens with one attached hydrogen (secondary N) is 1. The quantitative estimate of drug-likeness (QED) is 0.918. The second-order valence-electron chi connectivity index (χ2n) is 5.44. The van der Waals surface area contributed by atoms with Gasteiger partial charge in [-0.05, 0) is 32.8 Å². The highest BCUT2D eigenvalue weighted by molar-refractivity contribution is 5.96. The Bertz CT molecular complexity index is 626. The maximum Gasteiger partial charge on any atom is 0.255 e. The Balaban J connectivity index is 2.22. The molecular formula is C17H23N3O. The molecule has 0 unspecified atom stereocenters. The first kappa shape index (κ1) is 15.3. The highest BCUT2D eigenvalue weighted by Crippen LogP contribution is 2.15. The molecule has 0 saturated carbocycles. The lowest BCUT2D eigenvalue weighted by molar-refractivity contribution is 0.0952. The van der Waals surface area contributed by atoms with E-state index in [0.717, 1.165) is 17.8 Å². The van der Waals surface area contributed by atoms with Gasteiger partial charge in [0.15, 0.2) is 0 Å². The minimum atomic E-state index is -0.0259. The summed E-state index contributed by atoms with van der Waals surface area (Å²) in [4.78, 5) is 12.2. The standard InChI is InChI=1S/C17H23N3O/c1-5-10-18-17(21)16-13(3)19-20(14(16)4)11-15-8-6-12(2)7-9-15/h6-9H,5,10-11H2,1-4H3,(H,18,21). The number of carbonyl (C=O) groups excluding carboxylic acids is 1. The molecule has 2 rings (SSSR count). The fraction of sp³-hybridized carbons (Fsp3) is 0.412. The number of hydrogen-bond donors (Lipinski definition) is 1. The first-order chi connectivity index (χ1) is 10.0. The molecule has 1 amide bonds. The number of rotatable bonds is 5. The number of hydrogen-bond acceptors (Lipinski definition) is 2. The molecule has 2 aromatic rings. The fourth-order valence-electron chi connectivity index (χ4n) is 2.37. The van der Waals surface area contributed by atoms with Gasteiger partial charge in [0.2, 0.25) is 0 Å². The molecule has 0 atom stereocenters. The molecule has 0 radical (unpaired) electrons. The maximum absolute atomic E-state index is 12.2. The SMILES string of the molecule is CCCNC(=O)c1c(C)nn(Cc2ccc(C)cc2)c1C. The Labute approximate surface area is 126 Å². The van der Waals surface area contributed by atoms with E-state index in [1.807, 2.05) is 25.5 Å². The molecule has 1 heterocycles. The van der Waals surface area contributed by atoms with Gasteiger partial charge in [0.1, 0.15) is 0 Å². The topological polar surface area (TPSA) is 46.9 Å². The third kappa shape index (κ3) is 3.51. The zero-order chi connectivity index (χ0) is 15.4. The molecule has 4 nitrogen and oxygen atoms in total. The summed E-state index contributed by atoms with van der Waals surface area (Å²) in [7, 11) is 0. The van der Waals surface area contributed by atoms with Crippen LogP contribution in [0.25, 0.3) is 0 Å². The number of carbonyl (C=O) groups is 1. The van der Waals surface area contributed by atoms with Gasteiger partial charge in [-0.25, -0.2) is 0 Å². The van der Waals surface area contributed by atoms with Crippen LogP contribution < -0.4 is 5.32 Å². The van der Waals surface area contributed by atoms with Crippen LogP contribution in [-0.4, -0.2) is 22.2 Å². The molecule has 0 saturated heterocycles. The normalized spacial score (nSPS) is 10.7. The Morgan fingerprint density at radius 2 is 1.86 bits per heavy atom. The third-order valence-electron chi connectivity index (χ3n) is 3.60. The molecule has 1 aromatic carbocycles. The average Bonchev–Trinajstić information content (AvgIpc) is 2.73. The Kier molecular flexibility index (Phi) is 4.78.